The van der Waals surface area contributed by atoms with Gasteiger partial charge in [-0.1, -0.05) is 29.8 Å². The molecule has 0 spiro atoms. The van der Waals surface area contributed by atoms with Gasteiger partial charge in [-0.3, -0.25) is 4.68 Å². The number of hydrogen-bond donors (Lipinski definition) is 2. The largest absolute Gasteiger partial charge is 0.363 e. The molecule has 1 heterocycles. The molecule has 0 bridgehead atoms. The number of hydrogen-bond acceptors (Lipinski definition) is 3. The van der Waals surface area contributed by atoms with Crippen LogP contribution in [0.15, 0.2) is 36.4 Å². The Kier molecular flexibility index (Phi) is 4.49. The molecular weight excluding hydrogens is 357 g/mol. The number of fused-ring (bicyclic) bond motifs is 1. The first-order chi connectivity index (χ1) is 11.7. The Hall–Kier alpha value is -2.09. The van der Waals surface area contributed by atoms with E-state index in [1.807, 2.05) is 0 Å². The lowest BCUT2D eigenvalue weighted by Gasteiger charge is -2.18. The van der Waals surface area contributed by atoms with E-state index in [4.69, 9.17) is 21.8 Å². The molecule has 0 aliphatic heterocycles. The molecule has 0 aliphatic rings. The lowest BCUT2D eigenvalue weighted by atomic mass is 10.1. The maximum atomic E-state index is 14.0. The van der Waals surface area contributed by atoms with Crippen LogP contribution in [-0.4, -0.2) is 26.3 Å². The van der Waals surface area contributed by atoms with Crippen molar-refractivity contribution in [1.29, 1.82) is 0 Å². The summed E-state index contributed by atoms with van der Waals surface area (Å²) in [5, 5.41) is 22.9. The monoisotopic (exact) mass is 370 g/mol. The lowest BCUT2D eigenvalue weighted by Crippen LogP contribution is -2.30. The molecule has 0 fully saturated rings. The minimum atomic E-state index is -3.84. The smallest absolute Gasteiger partial charge is 0.322 e. The molecule has 25 heavy (non-hydrogen) atoms. The Morgan fingerprint density at radius 3 is 2.60 bits per heavy atom. The molecule has 2 aromatic carbocycles. The quantitative estimate of drug-likeness (QED) is 0.690. The number of aryl methyl sites for hydroxylation is 1. The zero-order valence-electron chi connectivity index (χ0n) is 13.0. The molecule has 0 radical (unpaired) electrons. The van der Waals surface area contributed by atoms with Crippen molar-refractivity contribution >= 4 is 22.5 Å². The fraction of sp³-hybridized carbons (Fsp3) is 0.235. The first-order valence-electron chi connectivity index (χ1n) is 7.36. The number of aromatic nitrogens is 2. The van der Waals surface area contributed by atoms with Crippen molar-refractivity contribution in [2.75, 3.05) is 0 Å². The molecule has 1 aromatic heterocycles. The molecule has 0 atom stereocenters. The van der Waals surface area contributed by atoms with E-state index in [1.165, 1.54) is 28.9 Å². The van der Waals surface area contributed by atoms with E-state index in [0.29, 0.717) is 16.6 Å². The van der Waals surface area contributed by atoms with Gasteiger partial charge in [0.1, 0.15) is 5.82 Å². The van der Waals surface area contributed by atoms with E-state index in [-0.39, 0.29) is 17.1 Å². The summed E-state index contributed by atoms with van der Waals surface area (Å²) < 4.78 is 43.1. The molecule has 3 rings (SSSR count). The molecule has 4 nitrogen and oxygen atoms in total. The van der Waals surface area contributed by atoms with Crippen molar-refractivity contribution in [3.8, 4) is 0 Å². The average Bonchev–Trinajstić information content (AvgIpc) is 2.86. The fourth-order valence-corrected chi connectivity index (χ4v) is 2.87. The molecule has 0 amide bonds. The maximum absolute atomic E-state index is 14.0. The van der Waals surface area contributed by atoms with Crippen LogP contribution in [0.2, 0.25) is 5.02 Å². The van der Waals surface area contributed by atoms with Gasteiger partial charge in [0.2, 0.25) is 6.29 Å². The van der Waals surface area contributed by atoms with Crippen molar-refractivity contribution < 1.29 is 23.4 Å². The number of rotatable bonds is 4. The van der Waals surface area contributed by atoms with Gasteiger partial charge < -0.3 is 10.2 Å². The SMILES string of the molecule is Cc1nn(Cc2c(F)cccc2Cl)c2cc(C(F)(F)C(O)O)ccc12. The first-order valence-corrected chi connectivity index (χ1v) is 7.74. The Bertz CT molecular complexity index is 921. The van der Waals surface area contributed by atoms with Gasteiger partial charge >= 0.3 is 5.92 Å². The number of halogens is 4. The van der Waals surface area contributed by atoms with E-state index in [2.05, 4.69) is 5.10 Å². The molecule has 132 valence electrons. The van der Waals surface area contributed by atoms with E-state index in [0.717, 1.165) is 12.1 Å². The van der Waals surface area contributed by atoms with Crippen LogP contribution < -0.4 is 0 Å². The third kappa shape index (κ3) is 3.10. The lowest BCUT2D eigenvalue weighted by molar-refractivity contribution is -0.214. The molecule has 2 N–H and O–H groups in total. The molecule has 0 saturated heterocycles. The highest BCUT2D eigenvalue weighted by molar-refractivity contribution is 6.31. The number of aliphatic hydroxyl groups is 2. The van der Waals surface area contributed by atoms with Crippen LogP contribution in [0.5, 0.6) is 0 Å². The average molecular weight is 371 g/mol. The Labute approximate surface area is 146 Å². The van der Waals surface area contributed by atoms with Crippen molar-refractivity contribution in [1.82, 2.24) is 9.78 Å². The van der Waals surface area contributed by atoms with Gasteiger partial charge in [0, 0.05) is 21.5 Å². The van der Waals surface area contributed by atoms with E-state index in [1.54, 1.807) is 6.92 Å². The van der Waals surface area contributed by atoms with Crippen LogP contribution in [0, 0.1) is 12.7 Å². The van der Waals surface area contributed by atoms with Gasteiger partial charge in [-0.05, 0) is 25.1 Å². The van der Waals surface area contributed by atoms with Crippen molar-refractivity contribution in [2.24, 2.45) is 0 Å². The van der Waals surface area contributed by atoms with Gasteiger partial charge in [-0.15, -0.1) is 0 Å². The highest BCUT2D eigenvalue weighted by atomic mass is 35.5. The second-order valence-corrected chi connectivity index (χ2v) is 6.08. The van der Waals surface area contributed by atoms with Gasteiger partial charge in [0.15, 0.2) is 0 Å². The summed E-state index contributed by atoms with van der Waals surface area (Å²) >= 11 is 6.02. The van der Waals surface area contributed by atoms with Crippen LogP contribution in [0.25, 0.3) is 10.9 Å². The zero-order chi connectivity index (χ0) is 18.4. The van der Waals surface area contributed by atoms with E-state index in [9.17, 15) is 13.2 Å². The fourth-order valence-electron chi connectivity index (χ4n) is 2.65. The Morgan fingerprint density at radius 1 is 1.24 bits per heavy atom. The van der Waals surface area contributed by atoms with Gasteiger partial charge in [-0.25, -0.2) is 4.39 Å². The highest BCUT2D eigenvalue weighted by Gasteiger charge is 2.39. The molecule has 0 unspecified atom stereocenters. The summed E-state index contributed by atoms with van der Waals surface area (Å²) in [5.74, 6) is -4.37. The van der Waals surface area contributed by atoms with Crippen LogP contribution >= 0.6 is 11.6 Å². The third-order valence-electron chi connectivity index (χ3n) is 4.02. The number of aliphatic hydroxyl groups excluding tert-OH is 1. The Balaban J connectivity index is 2.13. The molecule has 8 heteroatoms. The summed E-state index contributed by atoms with van der Waals surface area (Å²) in [6.45, 7) is 1.65. The van der Waals surface area contributed by atoms with Crippen molar-refractivity contribution in [2.45, 2.75) is 25.7 Å². The minimum Gasteiger partial charge on any atom is -0.363 e. The number of nitrogens with zero attached hydrogens (tertiary/aromatic N) is 2. The van der Waals surface area contributed by atoms with E-state index < -0.39 is 23.6 Å². The molecule has 0 aliphatic carbocycles. The number of alkyl halides is 2. The van der Waals surface area contributed by atoms with Crippen LogP contribution in [-0.2, 0) is 12.5 Å². The van der Waals surface area contributed by atoms with Crippen LogP contribution in [0.1, 0.15) is 16.8 Å². The maximum Gasteiger partial charge on any atom is 0.322 e. The van der Waals surface area contributed by atoms with Crippen molar-refractivity contribution in [3.63, 3.8) is 0 Å². The second kappa shape index (κ2) is 6.33. The van der Waals surface area contributed by atoms with Gasteiger partial charge in [-0.2, -0.15) is 13.9 Å². The third-order valence-corrected chi connectivity index (χ3v) is 4.37. The Morgan fingerprint density at radius 2 is 1.96 bits per heavy atom. The summed E-state index contributed by atoms with van der Waals surface area (Å²) in [7, 11) is 0. The minimum absolute atomic E-state index is 0.0491. The van der Waals surface area contributed by atoms with Gasteiger partial charge in [0.05, 0.1) is 17.8 Å². The summed E-state index contributed by atoms with van der Waals surface area (Å²) in [4.78, 5) is 0. The van der Waals surface area contributed by atoms with E-state index >= 15 is 0 Å². The number of benzene rings is 2. The summed E-state index contributed by atoms with van der Waals surface area (Å²) in [6.07, 6.45) is -2.83. The standard InChI is InChI=1S/C17H14ClF3N2O2/c1-9-11-6-5-10(17(20,21)16(24)25)7-15(11)23(22-9)8-12-13(18)3-2-4-14(12)19/h2-7,16,24-25H,8H2,1H3. The van der Waals surface area contributed by atoms with Crippen LogP contribution in [0.4, 0.5) is 13.2 Å². The van der Waals surface area contributed by atoms with Crippen molar-refractivity contribution in [3.05, 3.63) is 64.1 Å². The first kappa shape index (κ1) is 17.7. The highest BCUT2D eigenvalue weighted by Crippen LogP contribution is 2.33. The second-order valence-electron chi connectivity index (χ2n) is 5.67. The summed E-state index contributed by atoms with van der Waals surface area (Å²) in [5.41, 5.74) is 0.500. The predicted molar refractivity (Wildman–Crippen MR) is 87.1 cm³/mol. The van der Waals surface area contributed by atoms with Crippen LogP contribution in [0.3, 0.4) is 0 Å². The normalized spacial score (nSPS) is 12.3. The topological polar surface area (TPSA) is 58.3 Å². The van der Waals surface area contributed by atoms with Gasteiger partial charge in [0.25, 0.3) is 0 Å². The molecular formula is C17H14ClF3N2O2. The summed E-state index contributed by atoms with van der Waals surface area (Å²) in [6, 6.07) is 7.89. The molecule has 3 aromatic rings. The molecule has 0 saturated carbocycles. The zero-order valence-corrected chi connectivity index (χ0v) is 13.8. The predicted octanol–water partition coefficient (Wildman–Crippen LogP) is 3.59.